The third kappa shape index (κ3) is 4.97. The number of carbonyl (C=O) groups is 1. The van der Waals surface area contributed by atoms with Crippen LogP contribution in [0.25, 0.3) is 0 Å². The summed E-state index contributed by atoms with van der Waals surface area (Å²) >= 11 is 9.26. The summed E-state index contributed by atoms with van der Waals surface area (Å²) in [4.78, 5) is 12.3. The van der Waals surface area contributed by atoms with Gasteiger partial charge in [0.15, 0.2) is 6.10 Å². The summed E-state index contributed by atoms with van der Waals surface area (Å²) in [6.45, 7) is 0. The standard InChI is InChI=1S/C18H18BrClN2O4/c1-24-14-8-11(9-15(25-2)16(14)19)10-21-22-18(23)17(26-3)12-4-6-13(20)7-5-12/h4-10,17H,1-3H3,(H,22,23). The Labute approximate surface area is 165 Å². The van der Waals surface area contributed by atoms with Gasteiger partial charge in [-0.05, 0) is 45.8 Å². The van der Waals surface area contributed by atoms with Gasteiger partial charge in [-0.3, -0.25) is 4.79 Å². The van der Waals surface area contributed by atoms with Crippen molar-refractivity contribution in [3.05, 3.63) is 57.0 Å². The van der Waals surface area contributed by atoms with E-state index in [9.17, 15) is 4.79 Å². The first kappa shape index (κ1) is 20.2. The SMILES string of the molecule is COc1cc(C=NNC(=O)C(OC)c2ccc(Cl)cc2)cc(OC)c1Br. The molecule has 6 nitrogen and oxygen atoms in total. The first-order valence-electron chi connectivity index (χ1n) is 7.52. The highest BCUT2D eigenvalue weighted by molar-refractivity contribution is 9.10. The Morgan fingerprint density at radius 3 is 2.23 bits per heavy atom. The number of methoxy groups -OCH3 is 3. The van der Waals surface area contributed by atoms with Crippen molar-refractivity contribution in [2.24, 2.45) is 5.10 Å². The zero-order chi connectivity index (χ0) is 19.1. The van der Waals surface area contributed by atoms with Gasteiger partial charge in [-0.25, -0.2) is 5.43 Å². The molecule has 1 N–H and O–H groups in total. The van der Waals surface area contributed by atoms with Crippen LogP contribution in [0.4, 0.5) is 0 Å². The molecule has 0 fully saturated rings. The van der Waals surface area contributed by atoms with Gasteiger partial charge in [0, 0.05) is 17.7 Å². The van der Waals surface area contributed by atoms with E-state index >= 15 is 0 Å². The van der Waals surface area contributed by atoms with Gasteiger partial charge in [0.25, 0.3) is 5.91 Å². The van der Waals surface area contributed by atoms with E-state index < -0.39 is 12.0 Å². The normalized spacial score (nSPS) is 12.0. The number of halogens is 2. The molecule has 26 heavy (non-hydrogen) atoms. The molecule has 138 valence electrons. The Hall–Kier alpha value is -2.09. The lowest BCUT2D eigenvalue weighted by atomic mass is 10.1. The third-order valence-electron chi connectivity index (χ3n) is 3.50. The first-order valence-corrected chi connectivity index (χ1v) is 8.70. The van der Waals surface area contributed by atoms with Crippen LogP contribution in [0.15, 0.2) is 46.0 Å². The van der Waals surface area contributed by atoms with E-state index in [1.165, 1.54) is 13.3 Å². The fraction of sp³-hybridized carbons (Fsp3) is 0.222. The molecule has 0 saturated heterocycles. The molecule has 0 aliphatic carbocycles. The molecule has 2 rings (SSSR count). The lowest BCUT2D eigenvalue weighted by molar-refractivity contribution is -0.131. The molecule has 1 unspecified atom stereocenters. The molecule has 0 spiro atoms. The lowest BCUT2D eigenvalue weighted by Crippen LogP contribution is -2.26. The first-order chi connectivity index (χ1) is 12.5. The summed E-state index contributed by atoms with van der Waals surface area (Å²) in [6.07, 6.45) is 0.697. The van der Waals surface area contributed by atoms with Crippen LogP contribution >= 0.6 is 27.5 Å². The van der Waals surface area contributed by atoms with Crippen molar-refractivity contribution in [3.8, 4) is 11.5 Å². The molecule has 1 amide bonds. The topological polar surface area (TPSA) is 69.2 Å². The molecule has 0 radical (unpaired) electrons. The number of carbonyl (C=O) groups excluding carboxylic acids is 1. The van der Waals surface area contributed by atoms with E-state index in [2.05, 4.69) is 26.5 Å². The molecule has 1 atom stereocenters. The Kier molecular flexibility index (Phi) is 7.44. The van der Waals surface area contributed by atoms with Crippen LogP contribution in [-0.4, -0.2) is 33.5 Å². The minimum Gasteiger partial charge on any atom is -0.495 e. The molecule has 0 saturated carbocycles. The Balaban J connectivity index is 2.11. The number of hydrazone groups is 1. The number of hydrogen-bond donors (Lipinski definition) is 1. The highest BCUT2D eigenvalue weighted by atomic mass is 79.9. The van der Waals surface area contributed by atoms with E-state index in [4.69, 9.17) is 25.8 Å². The van der Waals surface area contributed by atoms with Gasteiger partial charge in [-0.2, -0.15) is 5.10 Å². The second kappa shape index (κ2) is 9.56. The molecule has 0 bridgehead atoms. The van der Waals surface area contributed by atoms with E-state index in [1.54, 1.807) is 50.6 Å². The van der Waals surface area contributed by atoms with Crippen LogP contribution in [0.2, 0.25) is 5.02 Å². The van der Waals surface area contributed by atoms with Crippen molar-refractivity contribution in [2.75, 3.05) is 21.3 Å². The zero-order valence-corrected chi connectivity index (χ0v) is 16.8. The molecule has 8 heteroatoms. The largest absolute Gasteiger partial charge is 0.495 e. The van der Waals surface area contributed by atoms with Crippen molar-refractivity contribution < 1.29 is 19.0 Å². The van der Waals surface area contributed by atoms with Crippen LogP contribution in [0.5, 0.6) is 11.5 Å². The summed E-state index contributed by atoms with van der Waals surface area (Å²) in [5.74, 6) is 0.781. The molecule has 0 heterocycles. The molecule has 0 aromatic heterocycles. The maximum absolute atomic E-state index is 12.3. The van der Waals surface area contributed by atoms with Crippen LogP contribution < -0.4 is 14.9 Å². The van der Waals surface area contributed by atoms with Crippen molar-refractivity contribution in [1.29, 1.82) is 0 Å². The Morgan fingerprint density at radius 2 is 1.73 bits per heavy atom. The fourth-order valence-electron chi connectivity index (χ4n) is 2.23. The number of benzene rings is 2. The number of amides is 1. The van der Waals surface area contributed by atoms with E-state index in [0.717, 1.165) is 0 Å². The molecule has 0 aliphatic rings. The predicted molar refractivity (Wildman–Crippen MR) is 104 cm³/mol. The van der Waals surface area contributed by atoms with Gasteiger partial charge in [0.05, 0.1) is 20.4 Å². The van der Waals surface area contributed by atoms with Crippen LogP contribution in [0.1, 0.15) is 17.2 Å². The van der Waals surface area contributed by atoms with Gasteiger partial charge >= 0.3 is 0 Å². The Morgan fingerprint density at radius 1 is 1.15 bits per heavy atom. The van der Waals surface area contributed by atoms with Crippen LogP contribution in [-0.2, 0) is 9.53 Å². The molecule has 2 aromatic carbocycles. The minimum absolute atomic E-state index is 0.401. The number of hydrogen-bond acceptors (Lipinski definition) is 5. The summed E-state index contributed by atoms with van der Waals surface area (Å²) in [5.41, 5.74) is 3.84. The van der Waals surface area contributed by atoms with Gasteiger partial charge in [0.1, 0.15) is 16.0 Å². The number of nitrogens with zero attached hydrogens (tertiary/aromatic N) is 1. The van der Waals surface area contributed by atoms with Gasteiger partial charge in [-0.15, -0.1) is 0 Å². The summed E-state index contributed by atoms with van der Waals surface area (Å²) < 4.78 is 16.5. The maximum atomic E-state index is 12.3. The average Bonchev–Trinajstić information content (AvgIpc) is 2.65. The van der Waals surface area contributed by atoms with Gasteiger partial charge < -0.3 is 14.2 Å². The highest BCUT2D eigenvalue weighted by Crippen LogP contribution is 2.35. The second-order valence-electron chi connectivity index (χ2n) is 5.14. The number of rotatable bonds is 7. The monoisotopic (exact) mass is 440 g/mol. The van der Waals surface area contributed by atoms with Crippen LogP contribution in [0.3, 0.4) is 0 Å². The van der Waals surface area contributed by atoms with Gasteiger partial charge in [0.2, 0.25) is 0 Å². The average molecular weight is 442 g/mol. The Bertz CT molecular complexity index is 771. The van der Waals surface area contributed by atoms with E-state index in [-0.39, 0.29) is 0 Å². The molecular formula is C18H18BrClN2O4. The van der Waals surface area contributed by atoms with E-state index in [0.29, 0.717) is 32.1 Å². The predicted octanol–water partition coefficient (Wildman–Crippen LogP) is 3.96. The van der Waals surface area contributed by atoms with E-state index in [1.807, 2.05) is 0 Å². The summed E-state index contributed by atoms with van der Waals surface area (Å²) in [7, 11) is 4.56. The number of ether oxygens (including phenoxy) is 3. The second-order valence-corrected chi connectivity index (χ2v) is 6.37. The van der Waals surface area contributed by atoms with Crippen molar-refractivity contribution in [3.63, 3.8) is 0 Å². The van der Waals surface area contributed by atoms with Gasteiger partial charge in [-0.1, -0.05) is 23.7 Å². The summed E-state index contributed by atoms with van der Waals surface area (Å²) in [6, 6.07) is 10.4. The molecular weight excluding hydrogens is 424 g/mol. The minimum atomic E-state index is -0.793. The van der Waals surface area contributed by atoms with Crippen molar-refractivity contribution in [1.82, 2.24) is 5.43 Å². The smallest absolute Gasteiger partial charge is 0.273 e. The molecule has 0 aliphatic heterocycles. The summed E-state index contributed by atoms with van der Waals surface area (Å²) in [5, 5.41) is 4.56. The zero-order valence-electron chi connectivity index (χ0n) is 14.5. The highest BCUT2D eigenvalue weighted by Gasteiger charge is 2.19. The van der Waals surface area contributed by atoms with Crippen molar-refractivity contribution >= 4 is 39.7 Å². The van der Waals surface area contributed by atoms with Crippen molar-refractivity contribution in [2.45, 2.75) is 6.10 Å². The molecule has 2 aromatic rings. The quantitative estimate of drug-likeness (QED) is 0.522. The third-order valence-corrected chi connectivity index (χ3v) is 4.54. The fourth-order valence-corrected chi connectivity index (χ4v) is 2.90. The van der Waals surface area contributed by atoms with Crippen LogP contribution in [0, 0.1) is 0 Å². The lowest BCUT2D eigenvalue weighted by Gasteiger charge is -2.13. The maximum Gasteiger partial charge on any atom is 0.273 e. The number of nitrogens with one attached hydrogen (secondary N) is 1.